The molecule has 3 rings (SSSR count). The number of nitrogens with zero attached hydrogens (tertiary/aromatic N) is 3. The lowest BCUT2D eigenvalue weighted by atomic mass is 10.2. The van der Waals surface area contributed by atoms with Crippen molar-refractivity contribution in [2.75, 3.05) is 6.61 Å². The summed E-state index contributed by atoms with van der Waals surface area (Å²) in [5, 5.41) is 16.9. The molecule has 6 nitrogen and oxygen atoms in total. The Bertz CT molecular complexity index is 784. The molecule has 0 aliphatic rings. The highest BCUT2D eigenvalue weighted by Gasteiger charge is 2.14. The third kappa shape index (κ3) is 2.80. The normalized spacial score (nSPS) is 10.4. The van der Waals surface area contributed by atoms with Crippen molar-refractivity contribution in [1.82, 2.24) is 14.8 Å². The van der Waals surface area contributed by atoms with Crippen LogP contribution < -0.4 is 4.74 Å². The van der Waals surface area contributed by atoms with Gasteiger partial charge in [-0.25, -0.2) is 4.79 Å². The number of aromatic nitrogens is 3. The maximum Gasteiger partial charge on any atom is 0.341 e. The highest BCUT2D eigenvalue weighted by atomic mass is 16.5. The van der Waals surface area contributed by atoms with Crippen molar-refractivity contribution in [2.24, 2.45) is 0 Å². The fourth-order valence-corrected chi connectivity index (χ4v) is 2.11. The van der Waals surface area contributed by atoms with E-state index in [0.29, 0.717) is 17.1 Å². The monoisotopic (exact) mass is 295 g/mol. The summed E-state index contributed by atoms with van der Waals surface area (Å²) in [6, 6.07) is 16.8. The van der Waals surface area contributed by atoms with Gasteiger partial charge in [0.1, 0.15) is 12.1 Å². The second-order valence-corrected chi connectivity index (χ2v) is 4.54. The number of para-hydroxylation sites is 2. The number of carbonyl (C=O) groups is 1. The molecule has 0 bridgehead atoms. The van der Waals surface area contributed by atoms with Gasteiger partial charge in [-0.1, -0.05) is 30.3 Å². The first-order valence-electron chi connectivity index (χ1n) is 6.65. The van der Waals surface area contributed by atoms with Crippen LogP contribution >= 0.6 is 0 Å². The van der Waals surface area contributed by atoms with Crippen molar-refractivity contribution < 1.29 is 14.6 Å². The molecule has 0 saturated heterocycles. The molecule has 0 saturated carbocycles. The van der Waals surface area contributed by atoms with Gasteiger partial charge in [-0.05, 0) is 24.3 Å². The summed E-state index contributed by atoms with van der Waals surface area (Å²) < 4.78 is 7.15. The number of ether oxygens (including phenoxy) is 1. The van der Waals surface area contributed by atoms with Crippen LogP contribution in [0.2, 0.25) is 0 Å². The average Bonchev–Trinajstić information content (AvgIpc) is 3.03. The number of hydrogen-bond acceptors (Lipinski definition) is 4. The summed E-state index contributed by atoms with van der Waals surface area (Å²) in [4.78, 5) is 10.7. The summed E-state index contributed by atoms with van der Waals surface area (Å²) in [7, 11) is 0. The Labute approximate surface area is 126 Å². The molecule has 0 fully saturated rings. The van der Waals surface area contributed by atoms with E-state index in [4.69, 9.17) is 9.84 Å². The molecule has 22 heavy (non-hydrogen) atoms. The van der Waals surface area contributed by atoms with Gasteiger partial charge in [-0.2, -0.15) is 0 Å². The van der Waals surface area contributed by atoms with Gasteiger partial charge < -0.3 is 9.84 Å². The highest BCUT2D eigenvalue weighted by Crippen LogP contribution is 2.29. The molecule has 2 aromatic carbocycles. The predicted octanol–water partition coefficient (Wildman–Crippen LogP) is 2.40. The summed E-state index contributed by atoms with van der Waals surface area (Å²) in [5.74, 6) is 0.0154. The fraction of sp³-hybridized carbons (Fsp3) is 0.0625. The van der Waals surface area contributed by atoms with Crippen LogP contribution in [0.3, 0.4) is 0 Å². The standard InChI is InChI=1S/C16H13N3O3/c20-15(21)10-22-14-9-5-4-8-13(14)16-18-17-11-19(16)12-6-2-1-3-7-12/h1-9,11H,10H2,(H,20,21). The third-order valence-corrected chi connectivity index (χ3v) is 3.06. The van der Waals surface area contributed by atoms with E-state index in [1.54, 1.807) is 18.5 Å². The summed E-state index contributed by atoms with van der Waals surface area (Å²) in [5.41, 5.74) is 1.60. The number of rotatable bonds is 5. The first-order chi connectivity index (χ1) is 10.8. The smallest absolute Gasteiger partial charge is 0.341 e. The van der Waals surface area contributed by atoms with Crippen LogP contribution in [0.1, 0.15) is 0 Å². The summed E-state index contributed by atoms with van der Waals surface area (Å²) in [6.07, 6.45) is 1.61. The fourth-order valence-electron chi connectivity index (χ4n) is 2.11. The van der Waals surface area contributed by atoms with Crippen molar-refractivity contribution in [3.63, 3.8) is 0 Å². The SMILES string of the molecule is O=C(O)COc1ccccc1-c1nncn1-c1ccccc1. The van der Waals surface area contributed by atoms with Gasteiger partial charge >= 0.3 is 5.97 Å². The van der Waals surface area contributed by atoms with Crippen LogP contribution in [0.15, 0.2) is 60.9 Å². The Morgan fingerprint density at radius 2 is 1.82 bits per heavy atom. The van der Waals surface area contributed by atoms with E-state index in [1.165, 1.54) is 0 Å². The number of hydrogen-bond donors (Lipinski definition) is 1. The van der Waals surface area contributed by atoms with Crippen LogP contribution in [-0.2, 0) is 4.79 Å². The van der Waals surface area contributed by atoms with Gasteiger partial charge in [0.25, 0.3) is 0 Å². The van der Waals surface area contributed by atoms with Crippen LogP contribution in [0.25, 0.3) is 17.1 Å². The van der Waals surface area contributed by atoms with E-state index in [9.17, 15) is 4.79 Å². The van der Waals surface area contributed by atoms with Crippen LogP contribution in [0, 0.1) is 0 Å². The van der Waals surface area contributed by atoms with Gasteiger partial charge in [-0.3, -0.25) is 4.57 Å². The van der Waals surface area contributed by atoms with Crippen LogP contribution in [0.5, 0.6) is 5.75 Å². The van der Waals surface area contributed by atoms with Gasteiger partial charge in [0.15, 0.2) is 12.4 Å². The molecule has 0 radical (unpaired) electrons. The second-order valence-electron chi connectivity index (χ2n) is 4.54. The topological polar surface area (TPSA) is 77.2 Å². The Kier molecular flexibility index (Phi) is 3.82. The van der Waals surface area contributed by atoms with E-state index in [2.05, 4.69) is 10.2 Å². The quantitative estimate of drug-likeness (QED) is 0.782. The van der Waals surface area contributed by atoms with Crippen molar-refractivity contribution in [3.05, 3.63) is 60.9 Å². The van der Waals surface area contributed by atoms with E-state index in [1.807, 2.05) is 47.0 Å². The number of aliphatic carboxylic acids is 1. The minimum absolute atomic E-state index is 0.406. The van der Waals surface area contributed by atoms with Gasteiger partial charge in [0.2, 0.25) is 0 Å². The molecular formula is C16H13N3O3. The molecule has 0 aliphatic carbocycles. The lowest BCUT2D eigenvalue weighted by Gasteiger charge is -2.11. The maximum absolute atomic E-state index is 10.7. The summed E-state index contributed by atoms with van der Waals surface area (Å²) >= 11 is 0. The maximum atomic E-state index is 10.7. The minimum Gasteiger partial charge on any atom is -0.481 e. The Balaban J connectivity index is 2.03. The molecule has 0 amide bonds. The zero-order valence-corrected chi connectivity index (χ0v) is 11.6. The zero-order valence-electron chi connectivity index (χ0n) is 11.6. The minimum atomic E-state index is -1.03. The highest BCUT2D eigenvalue weighted by molar-refractivity contribution is 5.70. The Morgan fingerprint density at radius 1 is 1.09 bits per heavy atom. The first kappa shape index (κ1) is 13.8. The van der Waals surface area contributed by atoms with Crippen LogP contribution in [-0.4, -0.2) is 32.4 Å². The molecule has 0 spiro atoms. The van der Waals surface area contributed by atoms with Gasteiger partial charge in [0.05, 0.1) is 5.56 Å². The molecule has 6 heteroatoms. The van der Waals surface area contributed by atoms with Crippen molar-refractivity contribution in [1.29, 1.82) is 0 Å². The van der Waals surface area contributed by atoms with Gasteiger partial charge in [-0.15, -0.1) is 10.2 Å². The predicted molar refractivity (Wildman–Crippen MR) is 79.9 cm³/mol. The molecule has 0 unspecified atom stereocenters. The molecule has 0 atom stereocenters. The van der Waals surface area contributed by atoms with Crippen molar-refractivity contribution in [2.45, 2.75) is 0 Å². The second kappa shape index (κ2) is 6.09. The third-order valence-electron chi connectivity index (χ3n) is 3.06. The number of carboxylic acids is 1. The molecular weight excluding hydrogens is 282 g/mol. The number of benzene rings is 2. The zero-order chi connectivity index (χ0) is 15.4. The van der Waals surface area contributed by atoms with E-state index in [0.717, 1.165) is 5.69 Å². The van der Waals surface area contributed by atoms with Crippen molar-refractivity contribution >= 4 is 5.97 Å². The number of carboxylic acid groups (broad SMARTS) is 1. The van der Waals surface area contributed by atoms with Crippen molar-refractivity contribution in [3.8, 4) is 22.8 Å². The lowest BCUT2D eigenvalue weighted by Crippen LogP contribution is -2.10. The lowest BCUT2D eigenvalue weighted by molar-refractivity contribution is -0.139. The molecule has 0 aliphatic heterocycles. The molecule has 1 aromatic heterocycles. The van der Waals surface area contributed by atoms with E-state index < -0.39 is 12.6 Å². The largest absolute Gasteiger partial charge is 0.481 e. The van der Waals surface area contributed by atoms with E-state index >= 15 is 0 Å². The van der Waals surface area contributed by atoms with Crippen LogP contribution in [0.4, 0.5) is 0 Å². The van der Waals surface area contributed by atoms with E-state index in [-0.39, 0.29) is 0 Å². The Morgan fingerprint density at radius 3 is 2.59 bits per heavy atom. The van der Waals surface area contributed by atoms with Gasteiger partial charge in [0, 0.05) is 5.69 Å². The summed E-state index contributed by atoms with van der Waals surface area (Å²) in [6.45, 7) is -0.406. The molecule has 1 heterocycles. The molecule has 3 aromatic rings. The first-order valence-corrected chi connectivity index (χ1v) is 6.65. The molecule has 110 valence electrons. The Hall–Kier alpha value is -3.15. The average molecular weight is 295 g/mol. The molecule has 1 N–H and O–H groups in total.